The van der Waals surface area contributed by atoms with E-state index in [4.69, 9.17) is 0 Å². The zero-order valence-electron chi connectivity index (χ0n) is 14.1. The first-order valence-electron chi connectivity index (χ1n) is 8.53. The number of amides is 1. The van der Waals surface area contributed by atoms with Crippen molar-refractivity contribution in [3.05, 3.63) is 29.8 Å². The third-order valence-corrected chi connectivity index (χ3v) is 7.42. The molecule has 4 rings (SSSR count). The standard InChI is InChI=1S/C16H19N5O3S2/c22-14(17-15-18-19-16-21(15)10-11-25-16)12-4-6-13(7-5-12)26(23,24)20-8-2-1-3-9-20/h4-7H,1-3,8-11H2,(H,17,18,22). The van der Waals surface area contributed by atoms with Crippen molar-refractivity contribution in [1.82, 2.24) is 19.1 Å². The minimum Gasteiger partial charge on any atom is -0.290 e. The summed E-state index contributed by atoms with van der Waals surface area (Å²) in [6.07, 6.45) is 2.84. The van der Waals surface area contributed by atoms with Crippen LogP contribution in [-0.2, 0) is 16.6 Å². The fraction of sp³-hybridized carbons (Fsp3) is 0.438. The molecular weight excluding hydrogens is 374 g/mol. The summed E-state index contributed by atoms with van der Waals surface area (Å²) < 4.78 is 28.7. The second-order valence-electron chi connectivity index (χ2n) is 6.25. The maximum absolute atomic E-state index is 12.7. The van der Waals surface area contributed by atoms with Crippen LogP contribution >= 0.6 is 11.8 Å². The Kier molecular flexibility index (Phi) is 4.72. The van der Waals surface area contributed by atoms with Crippen LogP contribution in [0.25, 0.3) is 0 Å². The summed E-state index contributed by atoms with van der Waals surface area (Å²) in [7, 11) is -3.49. The molecule has 0 bridgehead atoms. The lowest BCUT2D eigenvalue weighted by Crippen LogP contribution is -2.35. The molecule has 3 heterocycles. The van der Waals surface area contributed by atoms with Gasteiger partial charge in [-0.1, -0.05) is 18.2 Å². The van der Waals surface area contributed by atoms with Crippen molar-refractivity contribution in [3.63, 3.8) is 0 Å². The number of nitrogens with zero attached hydrogens (tertiary/aromatic N) is 4. The van der Waals surface area contributed by atoms with E-state index in [2.05, 4.69) is 15.5 Å². The molecule has 10 heteroatoms. The van der Waals surface area contributed by atoms with Gasteiger partial charge in [0.05, 0.1) is 4.90 Å². The maximum Gasteiger partial charge on any atom is 0.258 e. The van der Waals surface area contributed by atoms with Crippen LogP contribution in [0.2, 0.25) is 0 Å². The van der Waals surface area contributed by atoms with Gasteiger partial charge in [0.1, 0.15) is 0 Å². The van der Waals surface area contributed by atoms with Crippen molar-refractivity contribution < 1.29 is 13.2 Å². The molecule has 0 saturated carbocycles. The van der Waals surface area contributed by atoms with Crippen molar-refractivity contribution in [1.29, 1.82) is 0 Å². The Labute approximate surface area is 156 Å². The van der Waals surface area contributed by atoms with E-state index in [-0.39, 0.29) is 10.8 Å². The smallest absolute Gasteiger partial charge is 0.258 e. The van der Waals surface area contributed by atoms with E-state index in [1.165, 1.54) is 28.6 Å². The molecule has 1 saturated heterocycles. The van der Waals surface area contributed by atoms with Gasteiger partial charge >= 0.3 is 0 Å². The minimum atomic E-state index is -3.49. The van der Waals surface area contributed by atoms with E-state index < -0.39 is 10.0 Å². The molecule has 2 aliphatic heterocycles. The van der Waals surface area contributed by atoms with Gasteiger partial charge in [-0.25, -0.2) is 8.42 Å². The van der Waals surface area contributed by atoms with Crippen molar-refractivity contribution in [2.24, 2.45) is 0 Å². The molecular formula is C16H19N5O3S2. The molecule has 1 fully saturated rings. The van der Waals surface area contributed by atoms with Crippen LogP contribution in [-0.4, -0.2) is 52.2 Å². The molecule has 1 N–H and O–H groups in total. The van der Waals surface area contributed by atoms with Crippen LogP contribution in [0.4, 0.5) is 5.95 Å². The van der Waals surface area contributed by atoms with Crippen LogP contribution in [0.15, 0.2) is 34.3 Å². The van der Waals surface area contributed by atoms with Crippen LogP contribution in [0, 0.1) is 0 Å². The van der Waals surface area contributed by atoms with Crippen LogP contribution in [0.5, 0.6) is 0 Å². The Morgan fingerprint density at radius 1 is 1.04 bits per heavy atom. The zero-order valence-corrected chi connectivity index (χ0v) is 15.7. The first-order valence-corrected chi connectivity index (χ1v) is 11.0. The summed E-state index contributed by atoms with van der Waals surface area (Å²) in [6.45, 7) is 1.87. The Hall–Kier alpha value is -1.91. The maximum atomic E-state index is 12.7. The lowest BCUT2D eigenvalue weighted by Gasteiger charge is -2.25. The SMILES string of the molecule is O=C(Nc1nnc2n1CCS2)c1ccc(S(=O)(=O)N2CCCCC2)cc1. The fourth-order valence-corrected chi connectivity index (χ4v) is 5.53. The van der Waals surface area contributed by atoms with Gasteiger partial charge in [-0.15, -0.1) is 10.2 Å². The Balaban J connectivity index is 1.49. The van der Waals surface area contributed by atoms with Crippen molar-refractivity contribution in [3.8, 4) is 0 Å². The van der Waals surface area contributed by atoms with E-state index in [1.54, 1.807) is 11.8 Å². The minimum absolute atomic E-state index is 0.218. The van der Waals surface area contributed by atoms with E-state index in [0.29, 0.717) is 24.6 Å². The molecule has 0 aliphatic carbocycles. The predicted molar refractivity (Wildman–Crippen MR) is 97.8 cm³/mol. The summed E-state index contributed by atoms with van der Waals surface area (Å²) in [5, 5.41) is 11.5. The van der Waals surface area contributed by atoms with Gasteiger partial charge in [0.15, 0.2) is 5.16 Å². The number of aromatic nitrogens is 3. The topological polar surface area (TPSA) is 97.2 Å². The number of thioether (sulfide) groups is 1. The number of nitrogens with one attached hydrogen (secondary N) is 1. The summed E-state index contributed by atoms with van der Waals surface area (Å²) in [5.74, 6) is 0.996. The lowest BCUT2D eigenvalue weighted by molar-refractivity contribution is 0.102. The van der Waals surface area contributed by atoms with Gasteiger partial charge in [0.2, 0.25) is 16.0 Å². The monoisotopic (exact) mass is 393 g/mol. The molecule has 8 nitrogen and oxygen atoms in total. The average Bonchev–Trinajstić information content (AvgIpc) is 3.28. The van der Waals surface area contributed by atoms with Gasteiger partial charge in [-0.05, 0) is 37.1 Å². The van der Waals surface area contributed by atoms with Gasteiger partial charge in [-0.2, -0.15) is 4.31 Å². The van der Waals surface area contributed by atoms with E-state index in [9.17, 15) is 13.2 Å². The number of rotatable bonds is 4. The summed E-state index contributed by atoms with van der Waals surface area (Å²) in [5.41, 5.74) is 0.380. The van der Waals surface area contributed by atoms with Gasteiger partial charge in [0.25, 0.3) is 5.91 Å². The molecule has 0 atom stereocenters. The quantitative estimate of drug-likeness (QED) is 0.851. The number of sulfonamides is 1. The number of fused-ring (bicyclic) bond motifs is 1. The number of anilines is 1. The highest BCUT2D eigenvalue weighted by atomic mass is 32.2. The predicted octanol–water partition coefficient (Wildman–Crippen LogP) is 1.81. The second-order valence-corrected chi connectivity index (χ2v) is 9.25. The summed E-state index contributed by atoms with van der Waals surface area (Å²) in [4.78, 5) is 12.6. The fourth-order valence-electron chi connectivity index (χ4n) is 3.12. The molecule has 2 aliphatic rings. The van der Waals surface area contributed by atoms with E-state index >= 15 is 0 Å². The number of benzene rings is 1. The first-order chi connectivity index (χ1) is 12.6. The van der Waals surface area contributed by atoms with Crippen LogP contribution in [0.1, 0.15) is 29.6 Å². The third kappa shape index (κ3) is 3.24. The van der Waals surface area contributed by atoms with Crippen molar-refractivity contribution in [2.75, 3.05) is 24.2 Å². The Bertz CT molecular complexity index is 918. The number of hydrogen-bond acceptors (Lipinski definition) is 6. The zero-order chi connectivity index (χ0) is 18.1. The molecule has 0 radical (unpaired) electrons. The lowest BCUT2D eigenvalue weighted by atomic mass is 10.2. The highest BCUT2D eigenvalue weighted by Crippen LogP contribution is 2.26. The average molecular weight is 393 g/mol. The molecule has 1 aromatic heterocycles. The number of carbonyl (C=O) groups excluding carboxylic acids is 1. The van der Waals surface area contributed by atoms with Crippen molar-refractivity contribution in [2.45, 2.75) is 35.9 Å². The number of carbonyl (C=O) groups is 1. The second kappa shape index (κ2) is 7.01. The van der Waals surface area contributed by atoms with Crippen LogP contribution in [0.3, 0.4) is 0 Å². The first kappa shape index (κ1) is 17.5. The molecule has 1 amide bonds. The molecule has 2 aromatic rings. The molecule has 138 valence electrons. The third-order valence-electron chi connectivity index (χ3n) is 4.56. The van der Waals surface area contributed by atoms with E-state index in [0.717, 1.165) is 36.7 Å². The highest BCUT2D eigenvalue weighted by Gasteiger charge is 2.26. The van der Waals surface area contributed by atoms with Gasteiger partial charge in [0, 0.05) is 31.0 Å². The van der Waals surface area contributed by atoms with E-state index in [1.807, 2.05) is 4.57 Å². The molecule has 26 heavy (non-hydrogen) atoms. The summed E-state index contributed by atoms with van der Waals surface area (Å²) in [6, 6.07) is 6.04. The van der Waals surface area contributed by atoms with Gasteiger partial charge in [-0.3, -0.25) is 14.7 Å². The molecule has 1 aromatic carbocycles. The normalized spacial score (nSPS) is 17.8. The van der Waals surface area contributed by atoms with Gasteiger partial charge < -0.3 is 0 Å². The number of piperidine rings is 1. The Morgan fingerprint density at radius 3 is 2.50 bits per heavy atom. The Morgan fingerprint density at radius 2 is 1.77 bits per heavy atom. The molecule has 0 spiro atoms. The number of hydrogen-bond donors (Lipinski definition) is 1. The highest BCUT2D eigenvalue weighted by molar-refractivity contribution is 7.99. The largest absolute Gasteiger partial charge is 0.290 e. The van der Waals surface area contributed by atoms with Crippen LogP contribution < -0.4 is 5.32 Å². The molecule has 0 unspecified atom stereocenters. The van der Waals surface area contributed by atoms with Crippen molar-refractivity contribution >= 4 is 33.6 Å². The summed E-state index contributed by atoms with van der Waals surface area (Å²) >= 11 is 1.60.